The molecule has 0 amide bonds. The summed E-state index contributed by atoms with van der Waals surface area (Å²) in [6.45, 7) is 1.32. The summed E-state index contributed by atoms with van der Waals surface area (Å²) in [6, 6.07) is 18.7. The van der Waals surface area contributed by atoms with Gasteiger partial charge in [-0.25, -0.2) is 13.4 Å². The molecule has 0 radical (unpaired) electrons. The smallest absolute Gasteiger partial charge is 0.262 e. The van der Waals surface area contributed by atoms with Gasteiger partial charge in [-0.3, -0.25) is 0 Å². The summed E-state index contributed by atoms with van der Waals surface area (Å²) < 4.78 is 29.5. The molecule has 3 aromatic rings. The van der Waals surface area contributed by atoms with E-state index in [2.05, 4.69) is 46.7 Å². The average molecular weight is 395 g/mol. The van der Waals surface area contributed by atoms with Crippen LogP contribution in [0, 0.1) is 0 Å². The molecule has 2 aromatic carbocycles. The number of fused-ring (bicyclic) bond motifs is 2. The zero-order chi connectivity index (χ0) is 19.3. The number of piperidine rings is 1. The molecule has 1 unspecified atom stereocenters. The molecule has 3 heterocycles. The molecule has 2 aliphatic heterocycles. The predicted octanol–water partition coefficient (Wildman–Crippen LogP) is 2.22. The van der Waals surface area contributed by atoms with Crippen LogP contribution in [0.5, 0.6) is 0 Å². The second-order valence-corrected chi connectivity index (χ2v) is 9.31. The van der Waals surface area contributed by atoms with Gasteiger partial charge < -0.3 is 9.88 Å². The van der Waals surface area contributed by atoms with Crippen LogP contribution in [0.2, 0.25) is 0 Å². The second-order valence-electron chi connectivity index (χ2n) is 7.52. The zero-order valence-electron chi connectivity index (χ0n) is 15.6. The Morgan fingerprint density at radius 3 is 2.21 bits per heavy atom. The molecule has 1 aromatic heterocycles. The maximum Gasteiger partial charge on any atom is 0.262 e. The zero-order valence-corrected chi connectivity index (χ0v) is 16.4. The summed E-state index contributed by atoms with van der Waals surface area (Å²) in [4.78, 5) is 4.07. The summed E-state index contributed by atoms with van der Waals surface area (Å²) in [5, 5.41) is 3.48. The van der Waals surface area contributed by atoms with E-state index in [4.69, 9.17) is 0 Å². The van der Waals surface area contributed by atoms with E-state index < -0.39 is 10.0 Å². The first-order valence-electron chi connectivity index (χ1n) is 9.43. The normalized spacial score (nSPS) is 24.7. The monoisotopic (exact) mass is 394 g/mol. The maximum absolute atomic E-state index is 13.1. The van der Waals surface area contributed by atoms with E-state index in [1.807, 2.05) is 18.2 Å². The molecule has 2 aliphatic rings. The van der Waals surface area contributed by atoms with Crippen molar-refractivity contribution in [2.75, 3.05) is 13.1 Å². The van der Waals surface area contributed by atoms with E-state index in [0.717, 1.165) is 0 Å². The quantitative estimate of drug-likeness (QED) is 0.737. The minimum Gasteiger partial charge on any atom is -0.339 e. The van der Waals surface area contributed by atoms with E-state index in [9.17, 15) is 8.42 Å². The van der Waals surface area contributed by atoms with E-state index in [1.54, 1.807) is 22.1 Å². The van der Waals surface area contributed by atoms with E-state index in [1.165, 1.54) is 23.0 Å². The van der Waals surface area contributed by atoms with Crippen LogP contribution >= 0.6 is 0 Å². The molecule has 28 heavy (non-hydrogen) atoms. The van der Waals surface area contributed by atoms with Gasteiger partial charge >= 0.3 is 0 Å². The van der Waals surface area contributed by atoms with Crippen molar-refractivity contribution in [3.8, 4) is 11.1 Å². The number of imidazole rings is 1. The fourth-order valence-corrected chi connectivity index (χ4v) is 6.31. The van der Waals surface area contributed by atoms with Crippen LogP contribution in [-0.4, -0.2) is 47.4 Å². The van der Waals surface area contributed by atoms with E-state index in [-0.39, 0.29) is 23.0 Å². The van der Waals surface area contributed by atoms with Crippen LogP contribution in [-0.2, 0) is 17.1 Å². The Balaban J connectivity index is 1.42. The van der Waals surface area contributed by atoms with Gasteiger partial charge in [-0.2, -0.15) is 4.31 Å². The molecular weight excluding hydrogens is 372 g/mol. The number of rotatable bonds is 4. The highest BCUT2D eigenvalue weighted by atomic mass is 32.2. The highest BCUT2D eigenvalue weighted by Gasteiger charge is 2.57. The third-order valence-electron chi connectivity index (χ3n) is 5.82. The molecule has 144 valence electrons. The lowest BCUT2D eigenvalue weighted by molar-refractivity contribution is 0.0368. The number of benzene rings is 2. The summed E-state index contributed by atoms with van der Waals surface area (Å²) in [5.41, 5.74) is 3.55. The largest absolute Gasteiger partial charge is 0.339 e. The maximum atomic E-state index is 13.1. The fraction of sp³-hybridized carbons (Fsp3) is 0.286. The van der Waals surface area contributed by atoms with Gasteiger partial charge in [0.15, 0.2) is 5.03 Å². The topological polar surface area (TPSA) is 67.2 Å². The van der Waals surface area contributed by atoms with Gasteiger partial charge in [0.25, 0.3) is 10.0 Å². The van der Waals surface area contributed by atoms with Crippen molar-refractivity contribution in [2.24, 2.45) is 7.05 Å². The van der Waals surface area contributed by atoms with Gasteiger partial charge in [-0.15, -0.1) is 0 Å². The number of nitrogens with one attached hydrogen (secondary N) is 1. The lowest BCUT2D eigenvalue weighted by atomic mass is 9.74. The Morgan fingerprint density at radius 2 is 1.61 bits per heavy atom. The molecule has 0 saturated carbocycles. The molecular formula is C21H22N4O2S. The standard InChI is InChI=1S/C21H22N4O2S/c1-24-13-20(23-14-24)28(26,27)25-18-11-22-12-19(25)21(18)17-9-7-16(8-10-17)15-5-3-2-4-6-15/h2-10,13-14,18-19,21-22H,11-12H2,1H3/t18-,19+,21?. The summed E-state index contributed by atoms with van der Waals surface area (Å²) in [7, 11) is -1.79. The first-order valence-corrected chi connectivity index (χ1v) is 10.9. The molecule has 0 aliphatic carbocycles. The predicted molar refractivity (Wildman–Crippen MR) is 107 cm³/mol. The van der Waals surface area contributed by atoms with Crippen molar-refractivity contribution in [3.05, 3.63) is 72.7 Å². The van der Waals surface area contributed by atoms with Gasteiger partial charge in [-0.05, 0) is 16.7 Å². The Bertz CT molecular complexity index is 1080. The molecule has 3 atom stereocenters. The lowest BCUT2D eigenvalue weighted by Gasteiger charge is -2.57. The lowest BCUT2D eigenvalue weighted by Crippen LogP contribution is -2.73. The summed E-state index contributed by atoms with van der Waals surface area (Å²) >= 11 is 0. The number of nitrogens with zero attached hydrogens (tertiary/aromatic N) is 3. The number of aryl methyl sites for hydroxylation is 1. The Hall–Kier alpha value is -2.48. The molecule has 2 saturated heterocycles. The van der Waals surface area contributed by atoms with Crippen molar-refractivity contribution >= 4 is 10.0 Å². The van der Waals surface area contributed by atoms with Crippen LogP contribution in [0.1, 0.15) is 11.5 Å². The van der Waals surface area contributed by atoms with Gasteiger partial charge in [0.2, 0.25) is 0 Å². The van der Waals surface area contributed by atoms with Crippen molar-refractivity contribution in [1.29, 1.82) is 0 Å². The third kappa shape index (κ3) is 2.70. The molecule has 6 nitrogen and oxygen atoms in total. The number of hydrogen-bond acceptors (Lipinski definition) is 4. The highest BCUT2D eigenvalue weighted by Crippen LogP contribution is 2.45. The van der Waals surface area contributed by atoms with Crippen LogP contribution in [0.4, 0.5) is 0 Å². The number of sulfonamides is 1. The molecule has 7 heteroatoms. The van der Waals surface area contributed by atoms with E-state index in [0.29, 0.717) is 13.1 Å². The minimum atomic E-state index is -3.57. The van der Waals surface area contributed by atoms with Crippen LogP contribution in [0.3, 0.4) is 0 Å². The Kier molecular flexibility index (Phi) is 4.12. The van der Waals surface area contributed by atoms with Gasteiger partial charge in [0.1, 0.15) is 0 Å². The first-order chi connectivity index (χ1) is 13.6. The number of hydrogen-bond donors (Lipinski definition) is 1. The minimum absolute atomic E-state index is 0.0756. The highest BCUT2D eigenvalue weighted by molar-refractivity contribution is 7.89. The van der Waals surface area contributed by atoms with Gasteiger partial charge in [-0.1, -0.05) is 54.6 Å². The molecule has 2 bridgehead atoms. The molecule has 0 spiro atoms. The first kappa shape index (κ1) is 17.6. The third-order valence-corrected chi connectivity index (χ3v) is 7.65. The second kappa shape index (κ2) is 6.55. The molecule has 1 N–H and O–H groups in total. The number of aromatic nitrogens is 2. The van der Waals surface area contributed by atoms with Gasteiger partial charge in [0.05, 0.1) is 6.33 Å². The molecule has 5 rings (SSSR count). The summed E-state index contributed by atoms with van der Waals surface area (Å²) in [6.07, 6.45) is 3.10. The van der Waals surface area contributed by atoms with Gasteiger partial charge in [0, 0.05) is 44.3 Å². The molecule has 2 fully saturated rings. The van der Waals surface area contributed by atoms with Crippen LogP contribution in [0.25, 0.3) is 11.1 Å². The van der Waals surface area contributed by atoms with Crippen molar-refractivity contribution in [2.45, 2.75) is 23.0 Å². The fourth-order valence-electron chi connectivity index (χ4n) is 4.49. The average Bonchev–Trinajstić information content (AvgIpc) is 3.17. The Labute approximate surface area is 164 Å². The van der Waals surface area contributed by atoms with Crippen molar-refractivity contribution in [1.82, 2.24) is 19.2 Å². The van der Waals surface area contributed by atoms with Crippen LogP contribution < -0.4 is 5.32 Å². The Morgan fingerprint density at radius 1 is 0.964 bits per heavy atom. The number of piperazine rings is 1. The van der Waals surface area contributed by atoms with Crippen molar-refractivity contribution < 1.29 is 8.42 Å². The summed E-state index contributed by atoms with van der Waals surface area (Å²) in [5.74, 6) is 0.213. The van der Waals surface area contributed by atoms with Crippen LogP contribution in [0.15, 0.2) is 72.1 Å². The SMILES string of the molecule is Cn1cnc(S(=O)(=O)N2[C@@H]3CNC[C@H]2C3c2ccc(-c3ccccc3)cc2)c1. The van der Waals surface area contributed by atoms with E-state index >= 15 is 0 Å². The van der Waals surface area contributed by atoms with Crippen molar-refractivity contribution in [3.63, 3.8) is 0 Å².